The third-order valence-corrected chi connectivity index (χ3v) is 4.58. The molecule has 84 valence electrons. The van der Waals surface area contributed by atoms with Crippen molar-refractivity contribution in [1.82, 2.24) is 0 Å². The van der Waals surface area contributed by atoms with Crippen molar-refractivity contribution < 1.29 is 9.50 Å². The van der Waals surface area contributed by atoms with E-state index < -0.39 is 11.9 Å². The average Bonchev–Trinajstić information content (AvgIpc) is 2.68. The van der Waals surface area contributed by atoms with Gasteiger partial charge in [-0.1, -0.05) is 12.1 Å². The predicted octanol–water partition coefficient (Wildman–Crippen LogP) is 4.49. The predicted molar refractivity (Wildman–Crippen MR) is 70.2 cm³/mol. The molecule has 0 radical (unpaired) electrons. The first-order valence-corrected chi connectivity index (χ1v) is 6.97. The molecule has 0 spiro atoms. The fourth-order valence-electron chi connectivity index (χ4n) is 1.39. The second-order valence-corrected chi connectivity index (χ2v) is 5.67. The van der Waals surface area contributed by atoms with Gasteiger partial charge in [-0.05, 0) is 43.3 Å². The molecule has 0 saturated heterocycles. The van der Waals surface area contributed by atoms with Gasteiger partial charge >= 0.3 is 0 Å². The van der Waals surface area contributed by atoms with Crippen LogP contribution >= 0.6 is 43.2 Å². The van der Waals surface area contributed by atoms with Crippen molar-refractivity contribution >= 4 is 43.2 Å². The largest absolute Gasteiger partial charge is 0.383 e. The number of rotatable bonds is 2. The summed E-state index contributed by atoms with van der Waals surface area (Å²) in [4.78, 5) is 0. The van der Waals surface area contributed by atoms with Gasteiger partial charge in [0.1, 0.15) is 11.9 Å². The fraction of sp³-hybridized carbons (Fsp3) is 0.0909. The van der Waals surface area contributed by atoms with Crippen LogP contribution in [-0.4, -0.2) is 5.11 Å². The Balaban J connectivity index is 2.46. The number of hydrogen-bond acceptors (Lipinski definition) is 2. The molecule has 0 aliphatic rings. The number of aliphatic hydroxyl groups excluding tert-OH is 1. The highest BCUT2D eigenvalue weighted by Gasteiger charge is 2.19. The molecule has 0 amide bonds. The molecule has 1 unspecified atom stereocenters. The van der Waals surface area contributed by atoms with Crippen LogP contribution in [0.2, 0.25) is 0 Å². The van der Waals surface area contributed by atoms with Crippen molar-refractivity contribution in [1.29, 1.82) is 0 Å². The number of aliphatic hydroxyl groups is 1. The minimum Gasteiger partial charge on any atom is -0.383 e. The van der Waals surface area contributed by atoms with Crippen LogP contribution < -0.4 is 0 Å². The maximum atomic E-state index is 13.8. The molecular weight excluding hydrogens is 359 g/mol. The van der Waals surface area contributed by atoms with Crippen LogP contribution in [0.15, 0.2) is 37.9 Å². The van der Waals surface area contributed by atoms with E-state index in [9.17, 15) is 9.50 Å². The maximum absolute atomic E-state index is 13.8. The highest BCUT2D eigenvalue weighted by Crippen LogP contribution is 2.33. The van der Waals surface area contributed by atoms with Crippen LogP contribution in [0, 0.1) is 5.82 Å². The van der Waals surface area contributed by atoms with Crippen LogP contribution in [0.25, 0.3) is 0 Å². The lowest BCUT2D eigenvalue weighted by atomic mass is 10.0. The summed E-state index contributed by atoms with van der Waals surface area (Å²) in [7, 11) is 0. The van der Waals surface area contributed by atoms with Gasteiger partial charge in [0.15, 0.2) is 0 Å². The van der Waals surface area contributed by atoms with Gasteiger partial charge in [0.25, 0.3) is 0 Å². The molecule has 0 bridgehead atoms. The van der Waals surface area contributed by atoms with Gasteiger partial charge < -0.3 is 5.11 Å². The first kappa shape index (κ1) is 12.2. The van der Waals surface area contributed by atoms with E-state index in [1.165, 1.54) is 11.3 Å². The lowest BCUT2D eigenvalue weighted by molar-refractivity contribution is 0.214. The Morgan fingerprint density at radius 3 is 2.50 bits per heavy atom. The minimum absolute atomic E-state index is 0.272. The van der Waals surface area contributed by atoms with Gasteiger partial charge in [0, 0.05) is 21.0 Å². The minimum atomic E-state index is -0.946. The molecule has 1 aromatic carbocycles. The fourth-order valence-corrected chi connectivity index (χ4v) is 3.30. The molecule has 0 saturated carbocycles. The van der Waals surface area contributed by atoms with Crippen LogP contribution in [0.4, 0.5) is 4.39 Å². The second kappa shape index (κ2) is 4.96. The summed E-state index contributed by atoms with van der Waals surface area (Å²) in [5.74, 6) is -0.423. The Bertz CT molecular complexity index is 512. The highest BCUT2D eigenvalue weighted by atomic mass is 79.9. The van der Waals surface area contributed by atoms with Crippen LogP contribution in [0.3, 0.4) is 0 Å². The van der Waals surface area contributed by atoms with Crippen molar-refractivity contribution in [2.45, 2.75) is 6.10 Å². The lowest BCUT2D eigenvalue weighted by Crippen LogP contribution is -2.02. The summed E-state index contributed by atoms with van der Waals surface area (Å²) < 4.78 is 14.9. The maximum Gasteiger partial charge on any atom is 0.143 e. The van der Waals surface area contributed by atoms with E-state index in [4.69, 9.17) is 0 Å². The van der Waals surface area contributed by atoms with Crippen molar-refractivity contribution in [2.24, 2.45) is 0 Å². The van der Waals surface area contributed by atoms with E-state index in [0.717, 1.165) is 4.47 Å². The molecule has 5 heteroatoms. The van der Waals surface area contributed by atoms with Gasteiger partial charge in [-0.25, -0.2) is 4.39 Å². The normalized spacial score (nSPS) is 12.8. The van der Waals surface area contributed by atoms with Gasteiger partial charge in [-0.2, -0.15) is 11.3 Å². The standard InChI is InChI=1S/C11H7Br2FOS/c12-8-3-1-2-6(10(8)14)11(15)7-4-16-5-9(7)13/h1-5,11,15H. The zero-order valence-corrected chi connectivity index (χ0v) is 11.9. The van der Waals surface area contributed by atoms with E-state index in [-0.39, 0.29) is 5.56 Å². The Morgan fingerprint density at radius 2 is 1.88 bits per heavy atom. The van der Waals surface area contributed by atoms with Gasteiger partial charge in [0.2, 0.25) is 0 Å². The van der Waals surface area contributed by atoms with Crippen molar-refractivity contribution in [2.75, 3.05) is 0 Å². The van der Waals surface area contributed by atoms with Gasteiger partial charge in [0.05, 0.1) is 4.47 Å². The number of halogens is 3. The molecule has 16 heavy (non-hydrogen) atoms. The molecule has 1 nitrogen and oxygen atoms in total. The van der Waals surface area contributed by atoms with Gasteiger partial charge in [-0.3, -0.25) is 0 Å². The molecule has 0 aliphatic heterocycles. The summed E-state index contributed by atoms with van der Waals surface area (Å²) in [6.07, 6.45) is -0.946. The zero-order chi connectivity index (χ0) is 11.7. The molecular formula is C11H7Br2FOS. The highest BCUT2D eigenvalue weighted by molar-refractivity contribution is 9.10. The van der Waals surface area contributed by atoms with Crippen LogP contribution in [0.1, 0.15) is 17.2 Å². The molecule has 1 atom stereocenters. The van der Waals surface area contributed by atoms with Crippen molar-refractivity contribution in [3.05, 3.63) is 54.8 Å². The lowest BCUT2D eigenvalue weighted by Gasteiger charge is -2.12. The Morgan fingerprint density at radius 1 is 1.12 bits per heavy atom. The smallest absolute Gasteiger partial charge is 0.143 e. The van der Waals surface area contributed by atoms with Crippen molar-refractivity contribution in [3.63, 3.8) is 0 Å². The first-order chi connectivity index (χ1) is 7.61. The molecule has 0 aliphatic carbocycles. The van der Waals surface area contributed by atoms with E-state index in [1.807, 2.05) is 5.38 Å². The van der Waals surface area contributed by atoms with Gasteiger partial charge in [-0.15, -0.1) is 0 Å². The monoisotopic (exact) mass is 364 g/mol. The molecule has 0 fully saturated rings. The van der Waals surface area contributed by atoms with E-state index in [2.05, 4.69) is 31.9 Å². The topological polar surface area (TPSA) is 20.2 Å². The van der Waals surface area contributed by atoms with E-state index in [1.54, 1.807) is 23.6 Å². The van der Waals surface area contributed by atoms with E-state index in [0.29, 0.717) is 10.0 Å². The number of thiophene rings is 1. The van der Waals surface area contributed by atoms with Crippen molar-refractivity contribution in [3.8, 4) is 0 Å². The average molecular weight is 366 g/mol. The Labute approximate surface area is 113 Å². The second-order valence-electron chi connectivity index (χ2n) is 3.22. The molecule has 1 aromatic heterocycles. The Kier molecular flexibility index (Phi) is 3.79. The van der Waals surface area contributed by atoms with Crippen LogP contribution in [0.5, 0.6) is 0 Å². The zero-order valence-electron chi connectivity index (χ0n) is 7.95. The Hall–Kier alpha value is -0.230. The third kappa shape index (κ3) is 2.22. The SMILES string of the molecule is OC(c1cscc1Br)c1cccc(Br)c1F. The number of benzene rings is 1. The summed E-state index contributed by atoms with van der Waals surface area (Å²) >= 11 is 7.88. The third-order valence-electron chi connectivity index (χ3n) is 2.21. The van der Waals surface area contributed by atoms with E-state index >= 15 is 0 Å². The summed E-state index contributed by atoms with van der Waals surface area (Å²) in [6.45, 7) is 0. The summed E-state index contributed by atoms with van der Waals surface area (Å²) in [5, 5.41) is 13.7. The van der Waals surface area contributed by atoms with Crippen LogP contribution in [-0.2, 0) is 0 Å². The molecule has 2 aromatic rings. The molecule has 1 heterocycles. The molecule has 2 rings (SSSR count). The first-order valence-electron chi connectivity index (χ1n) is 4.45. The number of hydrogen-bond donors (Lipinski definition) is 1. The quantitative estimate of drug-likeness (QED) is 0.831. The summed E-state index contributed by atoms with van der Waals surface area (Å²) in [5.41, 5.74) is 0.954. The molecule has 1 N–H and O–H groups in total. The summed E-state index contributed by atoms with van der Waals surface area (Å²) in [6, 6.07) is 4.88.